The van der Waals surface area contributed by atoms with E-state index in [2.05, 4.69) is 25.9 Å². The van der Waals surface area contributed by atoms with Crippen LogP contribution in [0.1, 0.15) is 84.0 Å². The number of nitrogens with two attached hydrogens (primary N) is 1. The molecule has 0 aliphatic carbocycles. The Morgan fingerprint density at radius 1 is 0.789 bits per heavy atom. The van der Waals surface area contributed by atoms with Gasteiger partial charge in [0, 0.05) is 0 Å². The van der Waals surface area contributed by atoms with Gasteiger partial charge in [0.25, 0.3) is 0 Å². The van der Waals surface area contributed by atoms with Gasteiger partial charge < -0.3 is 0 Å². The van der Waals surface area contributed by atoms with Gasteiger partial charge in [-0.3, -0.25) is 10.0 Å². The Morgan fingerprint density at radius 3 is 1.58 bits per heavy atom. The SMILES string of the molecule is CCCCCCCCCCCCCC(SN)N(C)C. The second-order valence-corrected chi connectivity index (χ2v) is 6.69. The molecule has 0 aliphatic heterocycles. The van der Waals surface area contributed by atoms with Crippen LogP contribution in [-0.4, -0.2) is 24.4 Å². The third-order valence-electron chi connectivity index (χ3n) is 3.79. The first kappa shape index (κ1) is 19.3. The van der Waals surface area contributed by atoms with Crippen LogP contribution in [0.4, 0.5) is 0 Å². The number of hydrogen-bond donors (Lipinski definition) is 1. The summed E-state index contributed by atoms with van der Waals surface area (Å²) < 4.78 is 0. The van der Waals surface area contributed by atoms with E-state index in [0.717, 1.165) is 0 Å². The Morgan fingerprint density at radius 2 is 1.21 bits per heavy atom. The molecule has 0 aliphatic rings. The van der Waals surface area contributed by atoms with Gasteiger partial charge in [0.2, 0.25) is 0 Å². The fraction of sp³-hybridized carbons (Fsp3) is 1.00. The number of unbranched alkanes of at least 4 members (excludes halogenated alkanes) is 10. The fourth-order valence-electron chi connectivity index (χ4n) is 2.43. The smallest absolute Gasteiger partial charge is 0.0696 e. The average molecular weight is 289 g/mol. The highest BCUT2D eigenvalue weighted by atomic mass is 32.2. The van der Waals surface area contributed by atoms with E-state index < -0.39 is 0 Å². The molecule has 0 saturated heterocycles. The monoisotopic (exact) mass is 288 g/mol. The van der Waals surface area contributed by atoms with Gasteiger partial charge in [0.1, 0.15) is 0 Å². The highest BCUT2D eigenvalue weighted by Gasteiger charge is 2.08. The highest BCUT2D eigenvalue weighted by Crippen LogP contribution is 2.16. The van der Waals surface area contributed by atoms with Crippen LogP contribution in [0.15, 0.2) is 0 Å². The minimum Gasteiger partial charge on any atom is -0.297 e. The second-order valence-electron chi connectivity index (χ2n) is 5.88. The molecule has 116 valence electrons. The van der Waals surface area contributed by atoms with Crippen molar-refractivity contribution in [2.45, 2.75) is 89.3 Å². The maximum Gasteiger partial charge on any atom is 0.0696 e. The summed E-state index contributed by atoms with van der Waals surface area (Å²) in [5.74, 6) is 0. The van der Waals surface area contributed by atoms with Crippen LogP contribution >= 0.6 is 11.9 Å². The number of hydrogen-bond acceptors (Lipinski definition) is 3. The molecule has 0 fully saturated rings. The fourth-order valence-corrected chi connectivity index (χ4v) is 2.98. The van der Waals surface area contributed by atoms with Crippen molar-refractivity contribution in [1.29, 1.82) is 0 Å². The summed E-state index contributed by atoms with van der Waals surface area (Å²) in [5, 5.41) is 6.18. The topological polar surface area (TPSA) is 29.3 Å². The van der Waals surface area contributed by atoms with Gasteiger partial charge in [-0.1, -0.05) is 89.5 Å². The van der Waals surface area contributed by atoms with Gasteiger partial charge in [-0.25, -0.2) is 0 Å². The van der Waals surface area contributed by atoms with Gasteiger partial charge in [-0.15, -0.1) is 0 Å². The Labute approximate surface area is 126 Å². The predicted octanol–water partition coefficient (Wildman–Crippen LogP) is 5.18. The lowest BCUT2D eigenvalue weighted by atomic mass is 10.1. The lowest BCUT2D eigenvalue weighted by Gasteiger charge is -2.21. The van der Waals surface area contributed by atoms with Gasteiger partial charge >= 0.3 is 0 Å². The zero-order chi connectivity index (χ0) is 14.3. The van der Waals surface area contributed by atoms with Gasteiger partial charge in [-0.05, 0) is 20.5 Å². The number of rotatable bonds is 14. The van der Waals surface area contributed by atoms with E-state index in [9.17, 15) is 0 Å². The average Bonchev–Trinajstić information content (AvgIpc) is 2.40. The summed E-state index contributed by atoms with van der Waals surface area (Å²) in [6, 6.07) is 0. The van der Waals surface area contributed by atoms with E-state index in [1.165, 1.54) is 89.0 Å². The van der Waals surface area contributed by atoms with Crippen LogP contribution in [-0.2, 0) is 0 Å². The van der Waals surface area contributed by atoms with Crippen molar-refractivity contribution in [3.05, 3.63) is 0 Å². The molecule has 0 heterocycles. The maximum absolute atomic E-state index is 5.68. The van der Waals surface area contributed by atoms with Gasteiger partial charge in [0.15, 0.2) is 0 Å². The zero-order valence-electron chi connectivity index (χ0n) is 13.5. The molecular weight excluding hydrogens is 252 g/mol. The minimum atomic E-state index is 0.499. The van der Waals surface area contributed by atoms with E-state index in [1.54, 1.807) is 0 Å². The first-order valence-electron chi connectivity index (χ1n) is 8.24. The quantitative estimate of drug-likeness (QED) is 0.271. The Balaban J connectivity index is 3.14. The predicted molar refractivity (Wildman–Crippen MR) is 90.3 cm³/mol. The van der Waals surface area contributed by atoms with Crippen LogP contribution in [0.5, 0.6) is 0 Å². The summed E-state index contributed by atoms with van der Waals surface area (Å²) in [4.78, 5) is 2.22. The third kappa shape index (κ3) is 13.0. The summed E-state index contributed by atoms with van der Waals surface area (Å²) in [7, 11) is 4.23. The molecule has 19 heavy (non-hydrogen) atoms. The van der Waals surface area contributed by atoms with Crippen molar-refractivity contribution < 1.29 is 0 Å². The molecule has 0 aromatic carbocycles. The molecule has 0 aromatic heterocycles. The molecule has 0 bridgehead atoms. The number of nitrogens with zero attached hydrogens (tertiary/aromatic N) is 1. The molecule has 2 N–H and O–H groups in total. The van der Waals surface area contributed by atoms with E-state index >= 15 is 0 Å². The molecule has 0 spiro atoms. The molecule has 1 unspecified atom stereocenters. The maximum atomic E-state index is 5.68. The Bertz CT molecular complexity index is 174. The molecule has 1 atom stereocenters. The Hall–Kier alpha value is 0.270. The van der Waals surface area contributed by atoms with Crippen LogP contribution in [0.2, 0.25) is 0 Å². The van der Waals surface area contributed by atoms with Crippen LogP contribution in [0.25, 0.3) is 0 Å². The summed E-state index contributed by atoms with van der Waals surface area (Å²) in [5.41, 5.74) is 0. The van der Waals surface area contributed by atoms with Crippen molar-refractivity contribution in [2.24, 2.45) is 5.14 Å². The zero-order valence-corrected chi connectivity index (χ0v) is 14.3. The van der Waals surface area contributed by atoms with Gasteiger partial charge in [-0.2, -0.15) is 0 Å². The van der Waals surface area contributed by atoms with Crippen molar-refractivity contribution >= 4 is 11.9 Å². The lowest BCUT2D eigenvalue weighted by Crippen LogP contribution is -2.26. The van der Waals surface area contributed by atoms with Crippen LogP contribution in [0.3, 0.4) is 0 Å². The minimum absolute atomic E-state index is 0.499. The van der Waals surface area contributed by atoms with E-state index in [4.69, 9.17) is 5.14 Å². The van der Waals surface area contributed by atoms with Crippen LogP contribution < -0.4 is 5.14 Å². The van der Waals surface area contributed by atoms with E-state index in [1.807, 2.05) is 0 Å². The molecule has 0 aromatic rings. The first-order valence-corrected chi connectivity index (χ1v) is 9.18. The third-order valence-corrected chi connectivity index (χ3v) is 4.76. The normalized spacial score (nSPS) is 13.1. The summed E-state index contributed by atoms with van der Waals surface area (Å²) in [6.07, 6.45) is 16.8. The molecule has 0 amide bonds. The summed E-state index contributed by atoms with van der Waals surface area (Å²) >= 11 is 1.49. The van der Waals surface area contributed by atoms with Crippen LogP contribution in [0, 0.1) is 0 Å². The summed E-state index contributed by atoms with van der Waals surface area (Å²) in [6.45, 7) is 2.28. The first-order chi connectivity index (χ1) is 9.22. The van der Waals surface area contributed by atoms with Crippen molar-refractivity contribution in [3.63, 3.8) is 0 Å². The largest absolute Gasteiger partial charge is 0.297 e. The van der Waals surface area contributed by atoms with Crippen molar-refractivity contribution in [3.8, 4) is 0 Å². The Kier molecular flexibility index (Phi) is 14.9. The standard InChI is InChI=1S/C16H36N2S/c1-4-5-6-7-8-9-10-11-12-13-14-15-16(19-17)18(2)3/h16H,4-15,17H2,1-3H3. The molecular formula is C16H36N2S. The molecule has 0 radical (unpaired) electrons. The van der Waals surface area contributed by atoms with Crippen molar-refractivity contribution in [2.75, 3.05) is 14.1 Å². The van der Waals surface area contributed by atoms with E-state index in [0.29, 0.717) is 5.37 Å². The molecule has 2 nitrogen and oxygen atoms in total. The molecule has 0 rings (SSSR count). The second kappa shape index (κ2) is 14.7. The van der Waals surface area contributed by atoms with Crippen molar-refractivity contribution in [1.82, 2.24) is 4.90 Å². The molecule has 0 saturated carbocycles. The highest BCUT2D eigenvalue weighted by molar-refractivity contribution is 7.97. The van der Waals surface area contributed by atoms with E-state index in [-0.39, 0.29) is 0 Å². The van der Waals surface area contributed by atoms with Gasteiger partial charge in [0.05, 0.1) is 5.37 Å². The lowest BCUT2D eigenvalue weighted by molar-refractivity contribution is 0.357. The molecule has 3 heteroatoms.